The lowest BCUT2D eigenvalue weighted by Gasteiger charge is -2.33. The number of pyridine rings is 1. The molecule has 0 aliphatic carbocycles. The fraction of sp³-hybridized carbons (Fsp3) is 0.348. The smallest absolute Gasteiger partial charge is 0.272 e. The van der Waals surface area contributed by atoms with E-state index in [1.807, 2.05) is 36.6 Å². The zero-order valence-corrected chi connectivity index (χ0v) is 18.5. The Kier molecular flexibility index (Phi) is 5.98. The Bertz CT molecular complexity index is 1160. The highest BCUT2D eigenvalue weighted by Gasteiger charge is 2.29. The number of ether oxygens (including phenoxy) is 2. The first-order chi connectivity index (χ1) is 14.8. The molecule has 162 valence electrons. The summed E-state index contributed by atoms with van der Waals surface area (Å²) in [5.74, 6) is 0.245. The Labute approximate surface area is 185 Å². The van der Waals surface area contributed by atoms with Gasteiger partial charge in [0.15, 0.2) is 5.78 Å². The van der Waals surface area contributed by atoms with Crippen molar-refractivity contribution in [3.8, 4) is 5.75 Å². The number of amides is 1. The van der Waals surface area contributed by atoms with Gasteiger partial charge in [-0.05, 0) is 50.6 Å². The van der Waals surface area contributed by atoms with Gasteiger partial charge in [-0.3, -0.25) is 14.0 Å². The van der Waals surface area contributed by atoms with E-state index in [2.05, 4.69) is 4.98 Å². The van der Waals surface area contributed by atoms with Crippen LogP contribution in [0.4, 0.5) is 0 Å². The van der Waals surface area contributed by atoms with Crippen LogP contribution >= 0.6 is 11.6 Å². The largest absolute Gasteiger partial charge is 0.490 e. The fourth-order valence-electron chi connectivity index (χ4n) is 3.82. The average molecular weight is 442 g/mol. The van der Waals surface area contributed by atoms with Crippen molar-refractivity contribution in [2.45, 2.75) is 26.9 Å². The maximum absolute atomic E-state index is 13.3. The van der Waals surface area contributed by atoms with E-state index >= 15 is 0 Å². The number of hydrogen-bond donors (Lipinski definition) is 0. The lowest BCUT2D eigenvalue weighted by Crippen LogP contribution is -2.48. The number of fused-ring (bicyclic) bond motifs is 1. The molecule has 0 saturated carbocycles. The van der Waals surface area contributed by atoms with Crippen LogP contribution < -0.4 is 4.74 Å². The van der Waals surface area contributed by atoms with E-state index < -0.39 is 0 Å². The van der Waals surface area contributed by atoms with Crippen LogP contribution in [0.5, 0.6) is 5.75 Å². The number of ketones is 1. The van der Waals surface area contributed by atoms with Crippen LogP contribution in [-0.2, 0) is 4.74 Å². The van der Waals surface area contributed by atoms with E-state index in [0.29, 0.717) is 47.4 Å². The second-order valence-corrected chi connectivity index (χ2v) is 8.12. The zero-order chi connectivity index (χ0) is 22.1. The molecule has 1 atom stereocenters. The number of aryl methyl sites for hydroxylation is 2. The summed E-state index contributed by atoms with van der Waals surface area (Å²) in [6.07, 6.45) is 1.55. The number of rotatable bonds is 5. The van der Waals surface area contributed by atoms with Gasteiger partial charge in [0.25, 0.3) is 5.91 Å². The number of halogens is 1. The van der Waals surface area contributed by atoms with Crippen LogP contribution in [0.1, 0.15) is 39.0 Å². The van der Waals surface area contributed by atoms with Gasteiger partial charge in [0, 0.05) is 17.8 Å². The molecule has 2 aromatic heterocycles. The molecule has 0 spiro atoms. The molecule has 1 saturated heterocycles. The Morgan fingerprint density at radius 3 is 2.87 bits per heavy atom. The number of benzene rings is 1. The van der Waals surface area contributed by atoms with Crippen LogP contribution in [0, 0.1) is 13.8 Å². The molecule has 1 aromatic carbocycles. The van der Waals surface area contributed by atoms with Crippen molar-refractivity contribution in [1.29, 1.82) is 0 Å². The molecule has 8 heteroatoms. The monoisotopic (exact) mass is 441 g/mol. The molecule has 4 rings (SSSR count). The summed E-state index contributed by atoms with van der Waals surface area (Å²) >= 11 is 5.99. The van der Waals surface area contributed by atoms with Crippen LogP contribution in [0.2, 0.25) is 5.02 Å². The molecular weight excluding hydrogens is 418 g/mol. The van der Waals surface area contributed by atoms with E-state index in [0.717, 1.165) is 11.2 Å². The van der Waals surface area contributed by atoms with Crippen molar-refractivity contribution in [3.63, 3.8) is 0 Å². The van der Waals surface area contributed by atoms with Crippen LogP contribution in [0.3, 0.4) is 0 Å². The van der Waals surface area contributed by atoms with Crippen molar-refractivity contribution in [2.75, 3.05) is 26.3 Å². The molecule has 0 N–H and O–H groups in total. The van der Waals surface area contributed by atoms with Gasteiger partial charge in [0.2, 0.25) is 0 Å². The van der Waals surface area contributed by atoms with Gasteiger partial charge in [-0.1, -0.05) is 17.7 Å². The Balaban J connectivity index is 1.49. The summed E-state index contributed by atoms with van der Waals surface area (Å²) in [4.78, 5) is 31.5. The van der Waals surface area contributed by atoms with E-state index in [9.17, 15) is 9.59 Å². The molecule has 1 unspecified atom stereocenters. The minimum absolute atomic E-state index is 0.0835. The van der Waals surface area contributed by atoms with Crippen molar-refractivity contribution in [3.05, 3.63) is 64.1 Å². The number of nitrogens with zero attached hydrogens (tertiary/aromatic N) is 3. The van der Waals surface area contributed by atoms with Gasteiger partial charge < -0.3 is 14.4 Å². The van der Waals surface area contributed by atoms with E-state index in [4.69, 9.17) is 21.1 Å². The minimum Gasteiger partial charge on any atom is -0.490 e. The SMILES string of the molecule is CC(=O)c1cc(Cl)ccc1OCC1CN(C(=O)c2c(C)nc3c(C)cccn23)CCO1. The number of Topliss-reactive ketones (excluding diaryl/α,β-unsaturated/α-hetero) is 1. The third kappa shape index (κ3) is 4.29. The second kappa shape index (κ2) is 8.69. The predicted octanol–water partition coefficient (Wildman–Crippen LogP) is 3.73. The second-order valence-electron chi connectivity index (χ2n) is 7.68. The summed E-state index contributed by atoms with van der Waals surface area (Å²) in [6.45, 7) is 6.81. The molecule has 1 aliphatic heterocycles. The summed E-state index contributed by atoms with van der Waals surface area (Å²) < 4.78 is 13.5. The van der Waals surface area contributed by atoms with Gasteiger partial charge in [-0.25, -0.2) is 4.98 Å². The van der Waals surface area contributed by atoms with Crippen LogP contribution in [-0.4, -0.2) is 58.4 Å². The molecule has 0 radical (unpaired) electrons. The topological polar surface area (TPSA) is 73.1 Å². The quantitative estimate of drug-likeness (QED) is 0.564. The predicted molar refractivity (Wildman–Crippen MR) is 117 cm³/mol. The molecule has 3 heterocycles. The average Bonchev–Trinajstić information content (AvgIpc) is 3.09. The van der Waals surface area contributed by atoms with Gasteiger partial charge in [0.1, 0.15) is 29.8 Å². The van der Waals surface area contributed by atoms with Crippen molar-refractivity contribution in [1.82, 2.24) is 14.3 Å². The normalized spacial score (nSPS) is 16.5. The lowest BCUT2D eigenvalue weighted by molar-refractivity contribution is -0.0403. The summed E-state index contributed by atoms with van der Waals surface area (Å²) in [7, 11) is 0. The first-order valence-corrected chi connectivity index (χ1v) is 10.5. The van der Waals surface area contributed by atoms with E-state index in [-0.39, 0.29) is 24.4 Å². The van der Waals surface area contributed by atoms with E-state index in [1.165, 1.54) is 6.92 Å². The van der Waals surface area contributed by atoms with Crippen molar-refractivity contribution < 1.29 is 19.1 Å². The first-order valence-electron chi connectivity index (χ1n) is 10.1. The Morgan fingerprint density at radius 1 is 1.29 bits per heavy atom. The van der Waals surface area contributed by atoms with Crippen LogP contribution in [0.25, 0.3) is 5.65 Å². The highest BCUT2D eigenvalue weighted by molar-refractivity contribution is 6.31. The molecule has 1 fully saturated rings. The zero-order valence-electron chi connectivity index (χ0n) is 17.7. The number of imidazole rings is 1. The Morgan fingerprint density at radius 2 is 2.10 bits per heavy atom. The number of morpholine rings is 1. The molecule has 1 aliphatic rings. The fourth-order valence-corrected chi connectivity index (χ4v) is 3.99. The maximum atomic E-state index is 13.3. The van der Waals surface area contributed by atoms with Crippen LogP contribution in [0.15, 0.2) is 36.5 Å². The van der Waals surface area contributed by atoms with Crippen molar-refractivity contribution in [2.24, 2.45) is 0 Å². The third-order valence-electron chi connectivity index (χ3n) is 5.39. The Hall–Kier alpha value is -2.90. The van der Waals surface area contributed by atoms with Gasteiger partial charge in [-0.2, -0.15) is 0 Å². The highest BCUT2D eigenvalue weighted by atomic mass is 35.5. The summed E-state index contributed by atoms with van der Waals surface area (Å²) in [6, 6.07) is 8.83. The van der Waals surface area contributed by atoms with Gasteiger partial charge in [0.05, 0.1) is 24.4 Å². The molecule has 7 nitrogen and oxygen atoms in total. The summed E-state index contributed by atoms with van der Waals surface area (Å²) in [5.41, 5.74) is 3.49. The minimum atomic E-state index is -0.311. The summed E-state index contributed by atoms with van der Waals surface area (Å²) in [5, 5.41) is 0.474. The highest BCUT2D eigenvalue weighted by Crippen LogP contribution is 2.24. The molecule has 3 aromatic rings. The molecular formula is C23H24ClN3O4. The molecule has 31 heavy (non-hydrogen) atoms. The third-order valence-corrected chi connectivity index (χ3v) is 5.63. The standard InChI is InChI=1S/C23H24ClN3O4/c1-14-5-4-8-27-21(15(2)25-22(14)27)23(29)26-9-10-30-18(12-26)13-31-20-7-6-17(24)11-19(20)16(3)28/h4-8,11,18H,9-10,12-13H2,1-3H3. The molecule has 0 bridgehead atoms. The van der Waals surface area contributed by atoms with Gasteiger partial charge >= 0.3 is 0 Å². The number of aromatic nitrogens is 2. The molecule has 1 amide bonds. The van der Waals surface area contributed by atoms with Gasteiger partial charge in [-0.15, -0.1) is 0 Å². The van der Waals surface area contributed by atoms with E-state index in [1.54, 1.807) is 23.1 Å². The number of carbonyl (C=O) groups is 2. The van der Waals surface area contributed by atoms with Crippen molar-refractivity contribution >= 4 is 28.9 Å². The maximum Gasteiger partial charge on any atom is 0.272 e. The lowest BCUT2D eigenvalue weighted by atomic mass is 10.1. The first kappa shape index (κ1) is 21.3. The number of hydrogen-bond acceptors (Lipinski definition) is 5. The number of carbonyl (C=O) groups excluding carboxylic acids is 2.